The number of allylic oxidation sites excluding steroid dienone is 2. The van der Waals surface area contributed by atoms with Gasteiger partial charge in [-0.3, -0.25) is 4.79 Å². The van der Waals surface area contributed by atoms with Gasteiger partial charge in [0.15, 0.2) is 0 Å². The third kappa shape index (κ3) is 1.97. The summed E-state index contributed by atoms with van der Waals surface area (Å²) in [4.78, 5) is 26.2. The van der Waals surface area contributed by atoms with E-state index in [4.69, 9.17) is 0 Å². The Kier molecular flexibility index (Phi) is 3.06. The Morgan fingerprint density at radius 3 is 2.45 bits per heavy atom. The van der Waals surface area contributed by atoms with E-state index in [2.05, 4.69) is 6.07 Å². The highest BCUT2D eigenvalue weighted by Gasteiger charge is 2.49. The Morgan fingerprint density at radius 2 is 1.73 bits per heavy atom. The first-order valence-electron chi connectivity index (χ1n) is 7.90. The van der Waals surface area contributed by atoms with Crippen LogP contribution in [0, 0.1) is 23.7 Å². The number of hydrogen-bond donors (Lipinski definition) is 0. The van der Waals surface area contributed by atoms with Gasteiger partial charge in [-0.05, 0) is 35.8 Å². The van der Waals surface area contributed by atoms with Gasteiger partial charge in [0.25, 0.3) is 0 Å². The standard InChI is InChI=1S/C18H19NO3/c20-17(15-12-5-6-13(9-12)16(15)18(21)22)19-8-7-11-3-1-2-4-14(11)10-19/h1-6,12-13,15-16H,7-10H2,(H,21,22)/p-1/t12-,13+,15-,16+/m1/s1. The van der Waals surface area contributed by atoms with E-state index in [1.54, 1.807) is 0 Å². The highest BCUT2D eigenvalue weighted by molar-refractivity contribution is 5.86. The van der Waals surface area contributed by atoms with Crippen LogP contribution in [-0.2, 0) is 22.6 Å². The molecule has 2 bridgehead atoms. The molecule has 114 valence electrons. The zero-order chi connectivity index (χ0) is 15.3. The van der Waals surface area contributed by atoms with Gasteiger partial charge in [0.05, 0.1) is 5.92 Å². The molecule has 3 aliphatic rings. The van der Waals surface area contributed by atoms with Crippen LogP contribution in [0.1, 0.15) is 17.5 Å². The fourth-order valence-electron chi connectivity index (χ4n) is 4.37. The molecule has 2 aliphatic carbocycles. The number of benzene rings is 1. The number of rotatable bonds is 2. The van der Waals surface area contributed by atoms with E-state index in [0.29, 0.717) is 13.1 Å². The number of fused-ring (bicyclic) bond motifs is 3. The van der Waals surface area contributed by atoms with Crippen LogP contribution in [0.15, 0.2) is 36.4 Å². The van der Waals surface area contributed by atoms with Gasteiger partial charge in [0.1, 0.15) is 0 Å². The van der Waals surface area contributed by atoms with Crippen LogP contribution < -0.4 is 5.11 Å². The summed E-state index contributed by atoms with van der Waals surface area (Å²) in [5.41, 5.74) is 2.46. The Balaban J connectivity index is 1.58. The van der Waals surface area contributed by atoms with E-state index in [0.717, 1.165) is 12.8 Å². The molecule has 4 nitrogen and oxygen atoms in total. The minimum atomic E-state index is -1.08. The van der Waals surface area contributed by atoms with Crippen molar-refractivity contribution in [3.8, 4) is 0 Å². The number of carboxylic acid groups (broad SMARTS) is 1. The average Bonchev–Trinajstić information content (AvgIpc) is 3.14. The second kappa shape index (κ2) is 4.97. The van der Waals surface area contributed by atoms with Crippen molar-refractivity contribution in [3.63, 3.8) is 0 Å². The van der Waals surface area contributed by atoms with Crippen molar-refractivity contribution < 1.29 is 14.7 Å². The first-order chi connectivity index (χ1) is 10.6. The van der Waals surface area contributed by atoms with Crippen LogP contribution in [0.2, 0.25) is 0 Å². The molecule has 4 atom stereocenters. The summed E-state index contributed by atoms with van der Waals surface area (Å²) < 4.78 is 0. The van der Waals surface area contributed by atoms with Crippen molar-refractivity contribution >= 4 is 11.9 Å². The summed E-state index contributed by atoms with van der Waals surface area (Å²) >= 11 is 0. The number of amides is 1. The second-order valence-electron chi connectivity index (χ2n) is 6.60. The zero-order valence-corrected chi connectivity index (χ0v) is 12.3. The van der Waals surface area contributed by atoms with Crippen molar-refractivity contribution in [1.29, 1.82) is 0 Å². The largest absolute Gasteiger partial charge is 0.550 e. The van der Waals surface area contributed by atoms with E-state index >= 15 is 0 Å². The molecule has 0 unspecified atom stereocenters. The molecule has 1 fully saturated rings. The molecule has 1 aliphatic heterocycles. The monoisotopic (exact) mass is 296 g/mol. The number of aliphatic carboxylic acids is 1. The third-order valence-electron chi connectivity index (χ3n) is 5.46. The number of carboxylic acids is 1. The van der Waals surface area contributed by atoms with Crippen LogP contribution in [0.3, 0.4) is 0 Å². The van der Waals surface area contributed by atoms with Gasteiger partial charge < -0.3 is 14.8 Å². The van der Waals surface area contributed by atoms with Crippen molar-refractivity contribution in [2.24, 2.45) is 23.7 Å². The van der Waals surface area contributed by atoms with E-state index < -0.39 is 17.8 Å². The van der Waals surface area contributed by atoms with E-state index in [-0.39, 0.29) is 17.7 Å². The van der Waals surface area contributed by atoms with Gasteiger partial charge in [-0.25, -0.2) is 0 Å². The molecule has 1 amide bonds. The van der Waals surface area contributed by atoms with Gasteiger partial charge in [-0.1, -0.05) is 36.4 Å². The summed E-state index contributed by atoms with van der Waals surface area (Å²) in [7, 11) is 0. The van der Waals surface area contributed by atoms with E-state index in [9.17, 15) is 14.7 Å². The van der Waals surface area contributed by atoms with Gasteiger partial charge in [0.2, 0.25) is 5.91 Å². The molecule has 22 heavy (non-hydrogen) atoms. The number of hydrogen-bond acceptors (Lipinski definition) is 3. The number of carbonyl (C=O) groups is 2. The summed E-state index contributed by atoms with van der Waals surface area (Å²) in [5.74, 6) is -2.14. The van der Waals surface area contributed by atoms with Crippen LogP contribution >= 0.6 is 0 Å². The fourth-order valence-corrected chi connectivity index (χ4v) is 4.37. The molecule has 1 aromatic rings. The molecule has 0 N–H and O–H groups in total. The fraction of sp³-hybridized carbons (Fsp3) is 0.444. The Labute approximate surface area is 129 Å². The van der Waals surface area contributed by atoms with Gasteiger partial charge in [0, 0.05) is 25.0 Å². The second-order valence-corrected chi connectivity index (χ2v) is 6.60. The van der Waals surface area contributed by atoms with E-state index in [1.165, 1.54) is 11.1 Å². The molecule has 0 spiro atoms. The van der Waals surface area contributed by atoms with Crippen LogP contribution in [0.4, 0.5) is 0 Å². The molecule has 1 aromatic carbocycles. The quantitative estimate of drug-likeness (QED) is 0.757. The topological polar surface area (TPSA) is 60.4 Å². The van der Waals surface area contributed by atoms with Crippen molar-refractivity contribution in [2.45, 2.75) is 19.4 Å². The molecule has 1 heterocycles. The summed E-state index contributed by atoms with van der Waals surface area (Å²) in [5, 5.41) is 11.5. The highest BCUT2D eigenvalue weighted by Crippen LogP contribution is 2.48. The van der Waals surface area contributed by atoms with Crippen molar-refractivity contribution in [1.82, 2.24) is 4.90 Å². The SMILES string of the molecule is O=C([O-])[C@@H]1[C@H](C(=O)N2CCc3ccccc3C2)[C@@H]2C=C[C@H]1C2. The predicted molar refractivity (Wildman–Crippen MR) is 78.3 cm³/mol. The van der Waals surface area contributed by atoms with E-state index in [1.807, 2.05) is 35.3 Å². The molecular weight excluding hydrogens is 278 g/mol. The average molecular weight is 296 g/mol. The van der Waals surface area contributed by atoms with Gasteiger partial charge >= 0.3 is 0 Å². The summed E-state index contributed by atoms with van der Waals surface area (Å²) in [6.07, 6.45) is 5.58. The van der Waals surface area contributed by atoms with Crippen molar-refractivity contribution in [3.05, 3.63) is 47.5 Å². The molecule has 0 aromatic heterocycles. The van der Waals surface area contributed by atoms with Gasteiger partial charge in [-0.2, -0.15) is 0 Å². The lowest BCUT2D eigenvalue weighted by Crippen LogP contribution is -2.47. The Morgan fingerprint density at radius 1 is 1.05 bits per heavy atom. The highest BCUT2D eigenvalue weighted by atomic mass is 16.4. The Hall–Kier alpha value is -2.10. The Bertz CT molecular complexity index is 666. The molecule has 0 saturated heterocycles. The minimum Gasteiger partial charge on any atom is -0.550 e. The molecule has 0 radical (unpaired) electrons. The maximum Gasteiger partial charge on any atom is 0.227 e. The molecule has 4 heteroatoms. The lowest BCUT2D eigenvalue weighted by atomic mass is 9.81. The van der Waals surface area contributed by atoms with Crippen LogP contribution in [0.5, 0.6) is 0 Å². The third-order valence-corrected chi connectivity index (χ3v) is 5.46. The summed E-state index contributed by atoms with van der Waals surface area (Å²) in [6.45, 7) is 1.26. The molecular formula is C18H18NO3-. The minimum absolute atomic E-state index is 0.0134. The predicted octanol–water partition coefficient (Wildman–Crippen LogP) is 0.760. The lowest BCUT2D eigenvalue weighted by molar-refractivity contribution is -0.313. The number of carbonyl (C=O) groups excluding carboxylic acids is 2. The first-order valence-corrected chi connectivity index (χ1v) is 7.90. The van der Waals surface area contributed by atoms with Crippen molar-refractivity contribution in [2.75, 3.05) is 6.54 Å². The maximum atomic E-state index is 12.9. The van der Waals surface area contributed by atoms with Crippen LogP contribution in [-0.4, -0.2) is 23.3 Å². The van der Waals surface area contributed by atoms with Gasteiger partial charge in [-0.15, -0.1) is 0 Å². The molecule has 1 saturated carbocycles. The smallest absolute Gasteiger partial charge is 0.227 e. The molecule has 4 rings (SSSR count). The summed E-state index contributed by atoms with van der Waals surface area (Å²) in [6, 6.07) is 8.15. The number of nitrogens with zero attached hydrogens (tertiary/aromatic N) is 1. The normalized spacial score (nSPS) is 32.1. The zero-order valence-electron chi connectivity index (χ0n) is 12.3. The lowest BCUT2D eigenvalue weighted by Gasteiger charge is -2.35. The first kappa shape index (κ1) is 13.6. The van der Waals surface area contributed by atoms with Crippen LogP contribution in [0.25, 0.3) is 0 Å². The maximum absolute atomic E-state index is 12.9.